The zero-order chi connectivity index (χ0) is 13.4. The number of benzene rings is 1. The fourth-order valence-corrected chi connectivity index (χ4v) is 3.40. The molecule has 0 bridgehead atoms. The van der Waals surface area contributed by atoms with Crippen molar-refractivity contribution in [2.45, 2.75) is 13.5 Å². The maximum atomic E-state index is 13.2. The van der Waals surface area contributed by atoms with Crippen LogP contribution in [0.3, 0.4) is 0 Å². The summed E-state index contributed by atoms with van der Waals surface area (Å²) < 4.78 is 17.2. The van der Waals surface area contributed by atoms with E-state index in [1.807, 2.05) is 12.3 Å². The number of aromatic nitrogens is 2. The van der Waals surface area contributed by atoms with Gasteiger partial charge in [-0.15, -0.1) is 11.3 Å². The van der Waals surface area contributed by atoms with Crippen molar-refractivity contribution in [2.24, 2.45) is 0 Å². The van der Waals surface area contributed by atoms with Crippen LogP contribution in [0.25, 0.3) is 20.8 Å². The first-order valence-corrected chi connectivity index (χ1v) is 7.53. The van der Waals surface area contributed by atoms with Crippen molar-refractivity contribution in [1.29, 1.82) is 0 Å². The third-order valence-electron chi connectivity index (χ3n) is 2.85. The van der Waals surface area contributed by atoms with Gasteiger partial charge in [0, 0.05) is 0 Å². The predicted molar refractivity (Wildman–Crippen MR) is 78.6 cm³/mol. The maximum absolute atomic E-state index is 13.2. The standard InChI is InChI=1S/C14H11BrFN2S.HI/c1-2-18-7-9(5-10(15)8-18)14-17-12-4-3-11(16)6-13(12)19-14;/h3-8H,2H2,1H3;1H/q+1;/p-1. The molecule has 0 fully saturated rings. The molecular formula is C14H11BrFIN2S. The number of aryl methyl sites for hydroxylation is 1. The summed E-state index contributed by atoms with van der Waals surface area (Å²) in [6.45, 7) is 2.98. The van der Waals surface area contributed by atoms with Crippen molar-refractivity contribution in [2.75, 3.05) is 0 Å². The Morgan fingerprint density at radius 1 is 1.30 bits per heavy atom. The number of hydrogen-bond acceptors (Lipinski definition) is 2. The van der Waals surface area contributed by atoms with Crippen LogP contribution in [0.1, 0.15) is 6.92 Å². The Hall–Kier alpha value is -0.600. The highest BCUT2D eigenvalue weighted by Crippen LogP contribution is 2.30. The van der Waals surface area contributed by atoms with Crippen LogP contribution in [0.4, 0.5) is 4.39 Å². The van der Waals surface area contributed by atoms with Crippen LogP contribution >= 0.6 is 27.3 Å². The molecule has 2 heterocycles. The highest BCUT2D eigenvalue weighted by molar-refractivity contribution is 9.10. The van der Waals surface area contributed by atoms with Gasteiger partial charge in [0.15, 0.2) is 12.4 Å². The molecule has 1 aromatic carbocycles. The highest BCUT2D eigenvalue weighted by Gasteiger charge is 2.12. The number of hydrogen-bond donors (Lipinski definition) is 0. The van der Waals surface area contributed by atoms with Crippen LogP contribution < -0.4 is 28.5 Å². The SMILES string of the molecule is CC[n+]1cc(Br)cc(-c2nc3ccc(F)cc3s2)c1.[I-]. The van der Waals surface area contributed by atoms with Gasteiger partial charge in [0.1, 0.15) is 17.4 Å². The number of fused-ring (bicyclic) bond motifs is 1. The van der Waals surface area contributed by atoms with Gasteiger partial charge in [0.25, 0.3) is 0 Å². The fourth-order valence-electron chi connectivity index (χ4n) is 1.92. The van der Waals surface area contributed by atoms with Crippen molar-refractivity contribution in [3.63, 3.8) is 0 Å². The largest absolute Gasteiger partial charge is 1.00 e. The van der Waals surface area contributed by atoms with E-state index >= 15 is 0 Å². The molecule has 104 valence electrons. The van der Waals surface area contributed by atoms with Gasteiger partial charge in [-0.2, -0.15) is 0 Å². The van der Waals surface area contributed by atoms with Gasteiger partial charge in [-0.1, -0.05) is 0 Å². The molecule has 0 atom stereocenters. The van der Waals surface area contributed by atoms with E-state index in [1.54, 1.807) is 6.07 Å². The number of rotatable bonds is 2. The number of nitrogens with zero attached hydrogens (tertiary/aromatic N) is 2. The van der Waals surface area contributed by atoms with Gasteiger partial charge in [-0.3, -0.25) is 0 Å². The molecule has 0 amide bonds. The van der Waals surface area contributed by atoms with Crippen LogP contribution in [-0.4, -0.2) is 4.98 Å². The molecule has 2 nitrogen and oxygen atoms in total. The molecule has 0 saturated carbocycles. The molecule has 0 N–H and O–H groups in total. The zero-order valence-electron chi connectivity index (χ0n) is 10.6. The van der Waals surface area contributed by atoms with E-state index in [1.165, 1.54) is 23.5 Å². The van der Waals surface area contributed by atoms with Gasteiger partial charge >= 0.3 is 0 Å². The molecule has 2 aromatic heterocycles. The van der Waals surface area contributed by atoms with Crippen molar-refractivity contribution in [1.82, 2.24) is 4.98 Å². The minimum Gasteiger partial charge on any atom is -1.00 e. The molecule has 0 radical (unpaired) electrons. The van der Waals surface area contributed by atoms with Crippen molar-refractivity contribution >= 4 is 37.5 Å². The van der Waals surface area contributed by atoms with Gasteiger partial charge in [0.05, 0.1) is 20.3 Å². The smallest absolute Gasteiger partial charge is 0.183 e. The second-order valence-electron chi connectivity index (χ2n) is 4.20. The van der Waals surface area contributed by atoms with Gasteiger partial charge < -0.3 is 24.0 Å². The molecule has 20 heavy (non-hydrogen) atoms. The van der Waals surface area contributed by atoms with Crippen molar-refractivity contribution in [3.05, 3.63) is 46.9 Å². The Morgan fingerprint density at radius 2 is 2.10 bits per heavy atom. The van der Waals surface area contributed by atoms with Gasteiger partial charge in [-0.05, 0) is 47.1 Å². The van der Waals surface area contributed by atoms with E-state index in [4.69, 9.17) is 0 Å². The lowest BCUT2D eigenvalue weighted by molar-refractivity contribution is -0.693. The lowest BCUT2D eigenvalue weighted by atomic mass is 10.3. The second-order valence-corrected chi connectivity index (χ2v) is 6.15. The average Bonchev–Trinajstić information content (AvgIpc) is 2.80. The third kappa shape index (κ3) is 3.17. The third-order valence-corrected chi connectivity index (χ3v) is 4.35. The summed E-state index contributed by atoms with van der Waals surface area (Å²) in [5.41, 5.74) is 1.88. The van der Waals surface area contributed by atoms with Gasteiger partial charge in [-0.25, -0.2) is 13.9 Å². The molecule has 0 aliphatic rings. The van der Waals surface area contributed by atoms with E-state index in [0.29, 0.717) is 0 Å². The Kier molecular flexibility index (Phi) is 5.09. The Labute approximate surface area is 145 Å². The molecule has 0 aliphatic carbocycles. The van der Waals surface area contributed by atoms with E-state index in [2.05, 4.69) is 38.6 Å². The molecule has 0 unspecified atom stereocenters. The molecule has 0 aliphatic heterocycles. The summed E-state index contributed by atoms with van der Waals surface area (Å²) in [5, 5.41) is 0.907. The minimum absolute atomic E-state index is 0. The number of pyridine rings is 1. The lowest BCUT2D eigenvalue weighted by Crippen LogP contribution is -3.00. The van der Waals surface area contributed by atoms with E-state index in [9.17, 15) is 4.39 Å². The van der Waals surface area contributed by atoms with Crippen LogP contribution in [0.15, 0.2) is 41.1 Å². The van der Waals surface area contributed by atoms with Crippen molar-refractivity contribution in [3.8, 4) is 10.6 Å². The summed E-state index contributed by atoms with van der Waals surface area (Å²) in [5.74, 6) is -0.222. The van der Waals surface area contributed by atoms with Crippen LogP contribution in [0, 0.1) is 5.82 Å². The zero-order valence-corrected chi connectivity index (χ0v) is 15.2. The minimum atomic E-state index is -0.222. The summed E-state index contributed by atoms with van der Waals surface area (Å²) in [7, 11) is 0. The normalized spacial score (nSPS) is 10.6. The molecule has 3 rings (SSSR count). The van der Waals surface area contributed by atoms with Crippen LogP contribution in [0.2, 0.25) is 0 Å². The maximum Gasteiger partial charge on any atom is 0.183 e. The quantitative estimate of drug-likeness (QED) is 0.411. The topological polar surface area (TPSA) is 16.8 Å². The predicted octanol–water partition coefficient (Wildman–Crippen LogP) is 1.18. The Bertz CT molecular complexity index is 760. The van der Waals surface area contributed by atoms with E-state index < -0.39 is 0 Å². The first-order chi connectivity index (χ1) is 9.15. The Balaban J connectivity index is 0.00000147. The molecular weight excluding hydrogens is 454 g/mol. The number of halogens is 3. The van der Waals surface area contributed by atoms with Crippen molar-refractivity contribution < 1.29 is 32.9 Å². The van der Waals surface area contributed by atoms with E-state index in [0.717, 1.165) is 31.8 Å². The summed E-state index contributed by atoms with van der Waals surface area (Å²) in [4.78, 5) is 4.56. The first kappa shape index (κ1) is 15.8. The summed E-state index contributed by atoms with van der Waals surface area (Å²) in [6, 6.07) is 6.72. The average molecular weight is 465 g/mol. The van der Waals surface area contributed by atoms with E-state index in [-0.39, 0.29) is 29.8 Å². The van der Waals surface area contributed by atoms with Crippen LogP contribution in [0.5, 0.6) is 0 Å². The first-order valence-electron chi connectivity index (χ1n) is 5.92. The Morgan fingerprint density at radius 3 is 2.85 bits per heavy atom. The molecule has 0 saturated heterocycles. The fraction of sp³-hybridized carbons (Fsp3) is 0.143. The highest BCUT2D eigenvalue weighted by atomic mass is 127. The second kappa shape index (κ2) is 6.44. The molecule has 6 heteroatoms. The lowest BCUT2D eigenvalue weighted by Gasteiger charge is -1.97. The number of thiazole rings is 1. The molecule has 0 spiro atoms. The molecule has 3 aromatic rings. The summed E-state index contributed by atoms with van der Waals surface area (Å²) in [6.07, 6.45) is 4.08. The monoisotopic (exact) mass is 464 g/mol. The van der Waals surface area contributed by atoms with Crippen LogP contribution in [-0.2, 0) is 6.54 Å². The van der Waals surface area contributed by atoms with Gasteiger partial charge in [0.2, 0.25) is 0 Å². The summed E-state index contributed by atoms with van der Waals surface area (Å²) >= 11 is 5.01.